The zero-order valence-electron chi connectivity index (χ0n) is 19.0. The molecule has 2 amide bonds. The highest BCUT2D eigenvalue weighted by atomic mass is 16.5. The maximum absolute atomic E-state index is 12.6. The fourth-order valence-corrected chi connectivity index (χ4v) is 4.07. The number of hydrogen-bond acceptors (Lipinski definition) is 5. The zero-order valence-corrected chi connectivity index (χ0v) is 19.0. The Morgan fingerprint density at radius 2 is 1.58 bits per heavy atom. The molecule has 33 heavy (non-hydrogen) atoms. The van der Waals surface area contributed by atoms with Gasteiger partial charge in [0.25, 0.3) is 0 Å². The van der Waals surface area contributed by atoms with E-state index in [1.165, 1.54) is 7.11 Å². The van der Waals surface area contributed by atoms with Gasteiger partial charge in [0, 0.05) is 13.0 Å². The van der Waals surface area contributed by atoms with E-state index >= 15 is 0 Å². The van der Waals surface area contributed by atoms with E-state index in [1.54, 1.807) is 0 Å². The van der Waals surface area contributed by atoms with Crippen molar-refractivity contribution in [1.29, 1.82) is 0 Å². The van der Waals surface area contributed by atoms with Gasteiger partial charge in [-0.1, -0.05) is 62.4 Å². The predicted molar refractivity (Wildman–Crippen MR) is 123 cm³/mol. The van der Waals surface area contributed by atoms with E-state index in [-0.39, 0.29) is 25.0 Å². The predicted octanol–water partition coefficient (Wildman–Crippen LogP) is 3.16. The number of carboxylic acids is 1. The van der Waals surface area contributed by atoms with Crippen LogP contribution in [0, 0.1) is 5.92 Å². The lowest BCUT2D eigenvalue weighted by Crippen LogP contribution is -2.50. The summed E-state index contributed by atoms with van der Waals surface area (Å²) in [5.74, 6) is -1.63. The minimum atomic E-state index is -1.18. The van der Waals surface area contributed by atoms with Crippen LogP contribution in [-0.2, 0) is 19.1 Å². The fraction of sp³-hybridized carbons (Fsp3) is 0.400. The number of benzene rings is 2. The number of nitrogens with one attached hydrogen (secondary N) is 2. The van der Waals surface area contributed by atoms with Crippen molar-refractivity contribution >= 4 is 18.0 Å². The third-order valence-corrected chi connectivity index (χ3v) is 5.68. The fourth-order valence-electron chi connectivity index (χ4n) is 4.07. The molecule has 1 aliphatic carbocycles. The van der Waals surface area contributed by atoms with Crippen LogP contribution in [0.5, 0.6) is 0 Å². The van der Waals surface area contributed by atoms with Crippen LogP contribution in [0.25, 0.3) is 11.1 Å². The monoisotopic (exact) mass is 454 g/mol. The molecule has 0 radical (unpaired) electrons. The van der Waals surface area contributed by atoms with E-state index in [9.17, 15) is 14.4 Å². The van der Waals surface area contributed by atoms with Gasteiger partial charge in [-0.05, 0) is 34.6 Å². The van der Waals surface area contributed by atoms with Crippen LogP contribution in [0.1, 0.15) is 37.3 Å². The van der Waals surface area contributed by atoms with Crippen LogP contribution < -0.4 is 10.6 Å². The van der Waals surface area contributed by atoms with Crippen molar-refractivity contribution < 1.29 is 29.0 Å². The molecule has 8 nitrogen and oxygen atoms in total. The van der Waals surface area contributed by atoms with Crippen molar-refractivity contribution in [3.05, 3.63) is 59.7 Å². The summed E-state index contributed by atoms with van der Waals surface area (Å²) in [6.45, 7) is 3.79. The van der Waals surface area contributed by atoms with Crippen LogP contribution in [0.15, 0.2) is 48.5 Å². The molecule has 2 aromatic carbocycles. The van der Waals surface area contributed by atoms with Gasteiger partial charge in [0.2, 0.25) is 5.91 Å². The number of amides is 2. The summed E-state index contributed by atoms with van der Waals surface area (Å²) in [6, 6.07) is 15.2. The van der Waals surface area contributed by atoms with Gasteiger partial charge in [-0.3, -0.25) is 4.79 Å². The molecule has 0 aliphatic heterocycles. The second kappa shape index (κ2) is 11.0. The molecule has 0 saturated heterocycles. The molecule has 176 valence electrons. The number of alkyl carbamates (subject to hydrolysis) is 1. The summed E-state index contributed by atoms with van der Waals surface area (Å²) in [7, 11) is 1.26. The summed E-state index contributed by atoms with van der Waals surface area (Å²) >= 11 is 0. The SMILES string of the molecule is COC(CNC(=O)[C@H](CC(C)C)NC(=O)OCC1c2ccccc2-c2ccccc21)C(=O)O. The molecular formula is C25H30N2O6. The third kappa shape index (κ3) is 5.90. The molecule has 0 fully saturated rings. The molecule has 0 heterocycles. The van der Waals surface area contributed by atoms with E-state index in [2.05, 4.69) is 22.8 Å². The van der Waals surface area contributed by atoms with Crippen molar-refractivity contribution in [3.63, 3.8) is 0 Å². The number of carboxylic acid groups (broad SMARTS) is 1. The molecule has 0 aromatic heterocycles. The molecule has 2 atom stereocenters. The summed E-state index contributed by atoms with van der Waals surface area (Å²) in [5, 5.41) is 14.2. The van der Waals surface area contributed by atoms with Crippen molar-refractivity contribution in [2.24, 2.45) is 5.92 Å². The van der Waals surface area contributed by atoms with E-state index in [0.717, 1.165) is 22.3 Å². The van der Waals surface area contributed by atoms with E-state index in [1.807, 2.05) is 50.2 Å². The van der Waals surface area contributed by atoms with E-state index in [4.69, 9.17) is 14.6 Å². The molecule has 0 saturated carbocycles. The number of ether oxygens (including phenoxy) is 2. The summed E-state index contributed by atoms with van der Waals surface area (Å²) in [4.78, 5) is 36.3. The second-order valence-corrected chi connectivity index (χ2v) is 8.46. The van der Waals surface area contributed by atoms with Gasteiger partial charge in [-0.15, -0.1) is 0 Å². The third-order valence-electron chi connectivity index (χ3n) is 5.68. The van der Waals surface area contributed by atoms with E-state index in [0.29, 0.717) is 6.42 Å². The molecule has 2 aromatic rings. The zero-order chi connectivity index (χ0) is 24.0. The number of fused-ring (bicyclic) bond motifs is 3. The Kier molecular flexibility index (Phi) is 8.06. The minimum absolute atomic E-state index is 0.0847. The highest BCUT2D eigenvalue weighted by Gasteiger charge is 2.30. The van der Waals surface area contributed by atoms with Crippen molar-refractivity contribution in [3.8, 4) is 11.1 Å². The van der Waals surface area contributed by atoms with Gasteiger partial charge >= 0.3 is 12.1 Å². The first kappa shape index (κ1) is 24.3. The molecule has 8 heteroatoms. The normalized spacial score (nSPS) is 14.2. The Balaban J connectivity index is 1.63. The van der Waals surface area contributed by atoms with Gasteiger partial charge in [0.05, 0.1) is 6.54 Å². The maximum Gasteiger partial charge on any atom is 0.407 e. The Hall–Kier alpha value is -3.39. The summed E-state index contributed by atoms with van der Waals surface area (Å²) < 4.78 is 10.4. The van der Waals surface area contributed by atoms with Gasteiger partial charge in [-0.2, -0.15) is 0 Å². The Morgan fingerprint density at radius 3 is 2.09 bits per heavy atom. The van der Waals surface area contributed by atoms with Crippen LogP contribution in [0.4, 0.5) is 4.79 Å². The van der Waals surface area contributed by atoms with Crippen LogP contribution >= 0.6 is 0 Å². The smallest absolute Gasteiger partial charge is 0.407 e. The lowest BCUT2D eigenvalue weighted by atomic mass is 9.98. The average Bonchev–Trinajstić information content (AvgIpc) is 3.11. The first-order valence-corrected chi connectivity index (χ1v) is 11.0. The highest BCUT2D eigenvalue weighted by Crippen LogP contribution is 2.44. The minimum Gasteiger partial charge on any atom is -0.479 e. The van der Waals surface area contributed by atoms with Crippen LogP contribution in [-0.4, -0.2) is 55.5 Å². The van der Waals surface area contributed by atoms with Gasteiger partial charge < -0.3 is 25.2 Å². The van der Waals surface area contributed by atoms with E-state index < -0.39 is 30.1 Å². The Bertz CT molecular complexity index is 960. The maximum atomic E-state index is 12.6. The molecular weight excluding hydrogens is 424 g/mol. The standard InChI is InChI=1S/C25H30N2O6/c1-15(2)12-21(23(28)26-13-22(32-3)24(29)30)27-25(31)33-14-20-18-10-6-4-8-16(18)17-9-5-7-11-19(17)20/h4-11,15,20-22H,12-14H2,1-3H3,(H,26,28)(H,27,31)(H,29,30)/t21-,22?/m0/s1. The average molecular weight is 455 g/mol. The van der Waals surface area contributed by atoms with Gasteiger partial charge in [0.15, 0.2) is 6.10 Å². The van der Waals surface area contributed by atoms with Crippen LogP contribution in [0.3, 0.4) is 0 Å². The first-order chi connectivity index (χ1) is 15.8. The van der Waals surface area contributed by atoms with Gasteiger partial charge in [0.1, 0.15) is 12.6 Å². The number of methoxy groups -OCH3 is 1. The molecule has 3 N–H and O–H groups in total. The molecule has 0 spiro atoms. The first-order valence-electron chi connectivity index (χ1n) is 11.0. The lowest BCUT2D eigenvalue weighted by Gasteiger charge is -2.22. The van der Waals surface area contributed by atoms with Crippen molar-refractivity contribution in [1.82, 2.24) is 10.6 Å². The number of carbonyl (C=O) groups excluding carboxylic acids is 2. The lowest BCUT2D eigenvalue weighted by molar-refractivity contribution is -0.148. The van der Waals surface area contributed by atoms with Crippen molar-refractivity contribution in [2.45, 2.75) is 38.3 Å². The van der Waals surface area contributed by atoms with Crippen molar-refractivity contribution in [2.75, 3.05) is 20.3 Å². The number of rotatable bonds is 10. The Labute approximate surface area is 193 Å². The van der Waals surface area contributed by atoms with Crippen LogP contribution in [0.2, 0.25) is 0 Å². The number of aliphatic carboxylic acids is 1. The summed E-state index contributed by atoms with van der Waals surface area (Å²) in [6.07, 6.45) is -1.48. The molecule has 1 unspecified atom stereocenters. The molecule has 3 rings (SSSR count). The topological polar surface area (TPSA) is 114 Å². The number of carbonyl (C=O) groups is 3. The van der Waals surface area contributed by atoms with Gasteiger partial charge in [-0.25, -0.2) is 9.59 Å². The largest absolute Gasteiger partial charge is 0.479 e. The molecule has 1 aliphatic rings. The summed E-state index contributed by atoms with van der Waals surface area (Å²) in [5.41, 5.74) is 4.46. The number of hydrogen-bond donors (Lipinski definition) is 3. The highest BCUT2D eigenvalue weighted by molar-refractivity contribution is 5.86. The quantitative estimate of drug-likeness (QED) is 0.508. The molecule has 0 bridgehead atoms. The Morgan fingerprint density at radius 1 is 1.00 bits per heavy atom. The second-order valence-electron chi connectivity index (χ2n) is 8.46.